The molecule has 1 fully saturated rings. The molecule has 24 heavy (non-hydrogen) atoms. The molecule has 1 saturated heterocycles. The van der Waals surface area contributed by atoms with E-state index in [4.69, 9.17) is 0 Å². The van der Waals surface area contributed by atoms with Gasteiger partial charge in [0, 0.05) is 38.3 Å². The fourth-order valence-electron chi connectivity index (χ4n) is 3.22. The highest BCUT2D eigenvalue weighted by molar-refractivity contribution is 5.49. The molecule has 128 valence electrons. The van der Waals surface area contributed by atoms with E-state index >= 15 is 0 Å². The van der Waals surface area contributed by atoms with E-state index in [1.807, 2.05) is 31.3 Å². The first-order valence-electron chi connectivity index (χ1n) is 8.46. The number of anilines is 2. The van der Waals surface area contributed by atoms with E-state index in [0.717, 1.165) is 36.7 Å². The summed E-state index contributed by atoms with van der Waals surface area (Å²) in [5.41, 5.74) is 1.10. The monoisotopic (exact) mass is 327 g/mol. The highest BCUT2D eigenvalue weighted by Gasteiger charge is 2.26. The SMILES string of the molecule is CNc1cc(N2CCC[C@@H]2CN[C@@H](C)c2cccc(O)c2)ncn1. The number of phenolic OH excluding ortho intramolecular Hbond substituents is 1. The summed E-state index contributed by atoms with van der Waals surface area (Å²) in [5.74, 6) is 2.12. The maximum absolute atomic E-state index is 9.63. The first-order valence-corrected chi connectivity index (χ1v) is 8.46. The summed E-state index contributed by atoms with van der Waals surface area (Å²) >= 11 is 0. The van der Waals surface area contributed by atoms with Gasteiger partial charge in [0.15, 0.2) is 0 Å². The maximum Gasteiger partial charge on any atom is 0.134 e. The van der Waals surface area contributed by atoms with Crippen LogP contribution in [-0.4, -0.2) is 41.3 Å². The van der Waals surface area contributed by atoms with Crippen molar-refractivity contribution in [3.63, 3.8) is 0 Å². The fraction of sp³-hybridized carbons (Fsp3) is 0.444. The number of aromatic nitrogens is 2. The summed E-state index contributed by atoms with van der Waals surface area (Å²) in [7, 11) is 1.87. The lowest BCUT2D eigenvalue weighted by atomic mass is 10.1. The van der Waals surface area contributed by atoms with Crippen LogP contribution in [0.4, 0.5) is 11.6 Å². The van der Waals surface area contributed by atoms with E-state index in [-0.39, 0.29) is 6.04 Å². The van der Waals surface area contributed by atoms with Crippen LogP contribution >= 0.6 is 0 Å². The lowest BCUT2D eigenvalue weighted by Crippen LogP contribution is -2.39. The Morgan fingerprint density at radius 2 is 2.21 bits per heavy atom. The second-order valence-corrected chi connectivity index (χ2v) is 6.23. The number of aromatic hydroxyl groups is 1. The normalized spacial score (nSPS) is 18.6. The molecule has 0 spiro atoms. The van der Waals surface area contributed by atoms with Crippen molar-refractivity contribution in [1.29, 1.82) is 0 Å². The Balaban J connectivity index is 1.63. The van der Waals surface area contributed by atoms with Gasteiger partial charge in [-0.15, -0.1) is 0 Å². The van der Waals surface area contributed by atoms with E-state index in [2.05, 4.69) is 32.4 Å². The molecule has 3 N–H and O–H groups in total. The largest absolute Gasteiger partial charge is 0.508 e. The average Bonchev–Trinajstić information content (AvgIpc) is 3.08. The summed E-state index contributed by atoms with van der Waals surface area (Å²) in [6, 6.07) is 10.0. The number of hydrogen-bond acceptors (Lipinski definition) is 6. The summed E-state index contributed by atoms with van der Waals surface area (Å²) < 4.78 is 0. The Labute approximate surface area is 142 Å². The predicted molar refractivity (Wildman–Crippen MR) is 96.5 cm³/mol. The molecule has 1 aliphatic rings. The van der Waals surface area contributed by atoms with Gasteiger partial charge >= 0.3 is 0 Å². The first kappa shape index (κ1) is 16.5. The van der Waals surface area contributed by atoms with Gasteiger partial charge in [-0.2, -0.15) is 0 Å². The molecule has 0 radical (unpaired) electrons. The Hall–Kier alpha value is -2.34. The molecule has 1 aromatic heterocycles. The topological polar surface area (TPSA) is 73.3 Å². The van der Waals surface area contributed by atoms with Crippen LogP contribution < -0.4 is 15.5 Å². The third kappa shape index (κ3) is 3.76. The van der Waals surface area contributed by atoms with Gasteiger partial charge in [-0.05, 0) is 37.5 Å². The Morgan fingerprint density at radius 1 is 1.33 bits per heavy atom. The van der Waals surface area contributed by atoms with Crippen molar-refractivity contribution in [3.05, 3.63) is 42.2 Å². The molecule has 2 aromatic rings. The van der Waals surface area contributed by atoms with Gasteiger partial charge in [-0.1, -0.05) is 12.1 Å². The van der Waals surface area contributed by atoms with Gasteiger partial charge in [0.05, 0.1) is 0 Å². The van der Waals surface area contributed by atoms with Gasteiger partial charge in [0.25, 0.3) is 0 Å². The standard InChI is InChI=1S/C18H25N5O/c1-13(14-5-3-7-16(24)9-14)20-11-15-6-4-8-23(15)18-10-17(19-2)21-12-22-18/h3,5,7,9-10,12-13,15,20,24H,4,6,8,11H2,1-2H3,(H,19,21,22)/t13-,15+/m0/s1. The molecule has 0 bridgehead atoms. The molecular weight excluding hydrogens is 302 g/mol. The molecule has 2 atom stereocenters. The number of nitrogens with zero attached hydrogens (tertiary/aromatic N) is 3. The maximum atomic E-state index is 9.63. The second kappa shape index (κ2) is 7.49. The van der Waals surface area contributed by atoms with Gasteiger partial charge < -0.3 is 20.6 Å². The van der Waals surface area contributed by atoms with Crippen molar-refractivity contribution in [3.8, 4) is 5.75 Å². The second-order valence-electron chi connectivity index (χ2n) is 6.23. The quantitative estimate of drug-likeness (QED) is 0.757. The van der Waals surface area contributed by atoms with Crippen molar-refractivity contribution in [2.45, 2.75) is 31.8 Å². The number of rotatable bonds is 6. The zero-order chi connectivity index (χ0) is 16.9. The van der Waals surface area contributed by atoms with E-state index in [1.165, 1.54) is 6.42 Å². The van der Waals surface area contributed by atoms with Crippen LogP contribution in [0.25, 0.3) is 0 Å². The van der Waals surface area contributed by atoms with Crippen molar-refractivity contribution < 1.29 is 5.11 Å². The third-order valence-electron chi connectivity index (χ3n) is 4.61. The Morgan fingerprint density at radius 3 is 3.00 bits per heavy atom. The van der Waals surface area contributed by atoms with Crippen LogP contribution in [0.3, 0.4) is 0 Å². The van der Waals surface area contributed by atoms with Crippen LogP contribution in [0.1, 0.15) is 31.4 Å². The summed E-state index contributed by atoms with van der Waals surface area (Å²) in [6.45, 7) is 4.03. The highest BCUT2D eigenvalue weighted by atomic mass is 16.3. The van der Waals surface area contributed by atoms with Crippen molar-refractivity contribution in [2.24, 2.45) is 0 Å². The molecule has 0 saturated carbocycles. The van der Waals surface area contributed by atoms with E-state index in [1.54, 1.807) is 12.4 Å². The summed E-state index contributed by atoms with van der Waals surface area (Å²) in [4.78, 5) is 11.0. The molecule has 0 amide bonds. The lowest BCUT2D eigenvalue weighted by Gasteiger charge is -2.27. The zero-order valence-electron chi connectivity index (χ0n) is 14.2. The molecule has 1 aromatic carbocycles. The number of phenols is 1. The first-order chi connectivity index (χ1) is 11.7. The molecule has 6 heteroatoms. The van der Waals surface area contributed by atoms with Crippen LogP contribution in [0, 0.1) is 0 Å². The predicted octanol–water partition coefficient (Wildman–Crippen LogP) is 2.54. The third-order valence-corrected chi connectivity index (χ3v) is 4.61. The highest BCUT2D eigenvalue weighted by Crippen LogP contribution is 2.25. The lowest BCUT2D eigenvalue weighted by molar-refractivity contribution is 0.470. The summed E-state index contributed by atoms with van der Waals surface area (Å²) in [6.07, 6.45) is 3.93. The Kier molecular flexibility index (Phi) is 5.15. The Bertz CT molecular complexity index is 678. The van der Waals surface area contributed by atoms with E-state index < -0.39 is 0 Å². The van der Waals surface area contributed by atoms with Gasteiger partial charge in [0.2, 0.25) is 0 Å². The minimum Gasteiger partial charge on any atom is -0.508 e. The van der Waals surface area contributed by atoms with Crippen LogP contribution in [0.2, 0.25) is 0 Å². The molecular formula is C18H25N5O. The molecule has 0 aliphatic carbocycles. The number of benzene rings is 1. The van der Waals surface area contributed by atoms with Crippen LogP contribution in [0.5, 0.6) is 5.75 Å². The van der Waals surface area contributed by atoms with Crippen LogP contribution in [-0.2, 0) is 0 Å². The minimum absolute atomic E-state index is 0.192. The fourth-order valence-corrected chi connectivity index (χ4v) is 3.22. The number of hydrogen-bond donors (Lipinski definition) is 3. The van der Waals surface area contributed by atoms with Crippen molar-refractivity contribution in [2.75, 3.05) is 30.4 Å². The van der Waals surface area contributed by atoms with E-state index in [9.17, 15) is 5.11 Å². The molecule has 0 unspecified atom stereocenters. The van der Waals surface area contributed by atoms with Crippen LogP contribution in [0.15, 0.2) is 36.7 Å². The van der Waals surface area contributed by atoms with Crippen molar-refractivity contribution >= 4 is 11.6 Å². The minimum atomic E-state index is 0.192. The average molecular weight is 327 g/mol. The molecule has 6 nitrogen and oxygen atoms in total. The van der Waals surface area contributed by atoms with E-state index in [0.29, 0.717) is 11.8 Å². The molecule has 1 aliphatic heterocycles. The molecule has 2 heterocycles. The van der Waals surface area contributed by atoms with Crippen molar-refractivity contribution in [1.82, 2.24) is 15.3 Å². The zero-order valence-corrected chi connectivity index (χ0v) is 14.2. The van der Waals surface area contributed by atoms with Gasteiger partial charge in [-0.3, -0.25) is 0 Å². The smallest absolute Gasteiger partial charge is 0.134 e. The van der Waals surface area contributed by atoms with Gasteiger partial charge in [0.1, 0.15) is 23.7 Å². The number of nitrogens with one attached hydrogen (secondary N) is 2. The summed E-state index contributed by atoms with van der Waals surface area (Å²) in [5, 5.41) is 16.3. The van der Waals surface area contributed by atoms with Gasteiger partial charge in [-0.25, -0.2) is 9.97 Å². The molecule has 3 rings (SSSR count).